The third kappa shape index (κ3) is 3.57. The van der Waals surface area contributed by atoms with Gasteiger partial charge in [-0.05, 0) is 25.0 Å². The highest BCUT2D eigenvalue weighted by Crippen LogP contribution is 2.19. The van der Waals surface area contributed by atoms with Crippen molar-refractivity contribution in [2.45, 2.75) is 58.4 Å². The maximum Gasteiger partial charge on any atom is 0.0328 e. The van der Waals surface area contributed by atoms with Gasteiger partial charge in [-0.1, -0.05) is 39.5 Å². The Morgan fingerprint density at radius 2 is 1.71 bits per heavy atom. The van der Waals surface area contributed by atoms with Crippen molar-refractivity contribution in [3.05, 3.63) is 24.5 Å². The van der Waals surface area contributed by atoms with Crippen LogP contribution < -0.4 is 0 Å². The van der Waals surface area contributed by atoms with Gasteiger partial charge >= 0.3 is 0 Å². The molecule has 0 saturated heterocycles. The van der Waals surface area contributed by atoms with Gasteiger partial charge in [0.25, 0.3) is 0 Å². The number of nitrogens with zero attached hydrogens (tertiary/aromatic N) is 1. The monoisotopic (exact) mass is 193 g/mol. The van der Waals surface area contributed by atoms with Gasteiger partial charge in [-0.25, -0.2) is 0 Å². The summed E-state index contributed by atoms with van der Waals surface area (Å²) in [5, 5.41) is 0. The molecule has 14 heavy (non-hydrogen) atoms. The fourth-order valence-electron chi connectivity index (χ4n) is 1.96. The molecule has 1 aromatic rings. The van der Waals surface area contributed by atoms with Gasteiger partial charge in [-0.3, -0.25) is 0 Å². The molecular formula is C13H23N. The smallest absolute Gasteiger partial charge is 0.0328 e. The maximum atomic E-state index is 2.35. The molecule has 1 heteroatoms. The third-order valence-corrected chi connectivity index (χ3v) is 2.91. The van der Waals surface area contributed by atoms with Crippen LogP contribution in [-0.4, -0.2) is 4.57 Å². The van der Waals surface area contributed by atoms with Crippen LogP contribution in [0.4, 0.5) is 0 Å². The van der Waals surface area contributed by atoms with E-state index in [0.29, 0.717) is 0 Å². The first kappa shape index (κ1) is 11.4. The summed E-state index contributed by atoms with van der Waals surface area (Å²) in [6.07, 6.45) is 12.5. The largest absolute Gasteiger partial charge is 0.351 e. The SMILES string of the molecule is CCCCCCC(CC)n1cccc1. The molecule has 1 rings (SSSR count). The van der Waals surface area contributed by atoms with Crippen molar-refractivity contribution in [2.75, 3.05) is 0 Å². The van der Waals surface area contributed by atoms with Crippen LogP contribution in [0, 0.1) is 0 Å². The summed E-state index contributed by atoms with van der Waals surface area (Å²) >= 11 is 0. The molecule has 0 aliphatic rings. The molecule has 0 saturated carbocycles. The van der Waals surface area contributed by atoms with Crippen molar-refractivity contribution in [2.24, 2.45) is 0 Å². The number of unbranched alkanes of at least 4 members (excludes halogenated alkanes) is 3. The second-order valence-corrected chi connectivity index (χ2v) is 4.04. The van der Waals surface area contributed by atoms with Crippen molar-refractivity contribution >= 4 is 0 Å². The Balaban J connectivity index is 2.26. The topological polar surface area (TPSA) is 4.93 Å². The number of aromatic nitrogens is 1. The molecule has 0 N–H and O–H groups in total. The van der Waals surface area contributed by atoms with E-state index in [4.69, 9.17) is 0 Å². The number of rotatable bonds is 7. The Hall–Kier alpha value is -0.720. The van der Waals surface area contributed by atoms with Gasteiger partial charge in [0.1, 0.15) is 0 Å². The summed E-state index contributed by atoms with van der Waals surface area (Å²) in [4.78, 5) is 0. The van der Waals surface area contributed by atoms with Crippen molar-refractivity contribution in [1.82, 2.24) is 4.57 Å². The summed E-state index contributed by atoms with van der Waals surface area (Å²) in [7, 11) is 0. The lowest BCUT2D eigenvalue weighted by Gasteiger charge is -2.16. The van der Waals surface area contributed by atoms with Gasteiger partial charge in [-0.2, -0.15) is 0 Å². The summed E-state index contributed by atoms with van der Waals surface area (Å²) < 4.78 is 2.35. The minimum absolute atomic E-state index is 0.724. The van der Waals surface area contributed by atoms with Gasteiger partial charge < -0.3 is 4.57 Å². The second-order valence-electron chi connectivity index (χ2n) is 4.04. The molecular weight excluding hydrogens is 170 g/mol. The Labute approximate surface area is 88.1 Å². The molecule has 0 aliphatic heterocycles. The molecule has 0 spiro atoms. The predicted octanol–water partition coefficient (Wildman–Crippen LogP) is 4.41. The predicted molar refractivity (Wildman–Crippen MR) is 62.5 cm³/mol. The van der Waals surface area contributed by atoms with Crippen LogP contribution in [0.1, 0.15) is 58.4 Å². The Bertz CT molecular complexity index is 213. The van der Waals surface area contributed by atoms with Crippen LogP contribution in [0.25, 0.3) is 0 Å². The summed E-state index contributed by atoms with van der Waals surface area (Å²) in [6, 6.07) is 4.96. The lowest BCUT2D eigenvalue weighted by Crippen LogP contribution is -2.05. The number of hydrogen-bond donors (Lipinski definition) is 0. The summed E-state index contributed by atoms with van der Waals surface area (Å²) in [5.74, 6) is 0. The molecule has 1 aromatic heterocycles. The van der Waals surface area contributed by atoms with E-state index in [1.807, 2.05) is 0 Å². The minimum atomic E-state index is 0.724. The lowest BCUT2D eigenvalue weighted by molar-refractivity contribution is 0.429. The highest BCUT2D eigenvalue weighted by atomic mass is 15.0. The molecule has 0 radical (unpaired) electrons. The van der Waals surface area contributed by atoms with Gasteiger partial charge in [0.2, 0.25) is 0 Å². The number of hydrogen-bond acceptors (Lipinski definition) is 0. The van der Waals surface area contributed by atoms with E-state index in [9.17, 15) is 0 Å². The van der Waals surface area contributed by atoms with E-state index in [2.05, 4.69) is 42.9 Å². The molecule has 1 nitrogen and oxygen atoms in total. The Morgan fingerprint density at radius 3 is 2.29 bits per heavy atom. The first-order valence-electron chi connectivity index (χ1n) is 6.01. The average molecular weight is 193 g/mol. The first-order chi connectivity index (χ1) is 6.88. The zero-order valence-electron chi connectivity index (χ0n) is 9.58. The van der Waals surface area contributed by atoms with E-state index in [0.717, 1.165) is 6.04 Å². The maximum absolute atomic E-state index is 2.35. The molecule has 0 fully saturated rings. The quantitative estimate of drug-likeness (QED) is 0.565. The van der Waals surface area contributed by atoms with Gasteiger partial charge in [0, 0.05) is 18.4 Å². The molecule has 1 atom stereocenters. The van der Waals surface area contributed by atoms with Crippen molar-refractivity contribution in [1.29, 1.82) is 0 Å². The highest BCUT2D eigenvalue weighted by molar-refractivity contribution is 4.92. The fraction of sp³-hybridized carbons (Fsp3) is 0.692. The van der Waals surface area contributed by atoms with Crippen LogP contribution in [0.3, 0.4) is 0 Å². The van der Waals surface area contributed by atoms with E-state index >= 15 is 0 Å². The van der Waals surface area contributed by atoms with Crippen LogP contribution in [0.15, 0.2) is 24.5 Å². The minimum Gasteiger partial charge on any atom is -0.351 e. The molecule has 0 aromatic carbocycles. The van der Waals surface area contributed by atoms with Crippen molar-refractivity contribution in [3.8, 4) is 0 Å². The van der Waals surface area contributed by atoms with Crippen LogP contribution in [0.2, 0.25) is 0 Å². The van der Waals surface area contributed by atoms with E-state index in [-0.39, 0.29) is 0 Å². The zero-order chi connectivity index (χ0) is 10.2. The van der Waals surface area contributed by atoms with Gasteiger partial charge in [0.05, 0.1) is 0 Å². The van der Waals surface area contributed by atoms with Crippen LogP contribution >= 0.6 is 0 Å². The van der Waals surface area contributed by atoms with E-state index in [1.165, 1.54) is 38.5 Å². The van der Waals surface area contributed by atoms with Crippen molar-refractivity contribution < 1.29 is 0 Å². The van der Waals surface area contributed by atoms with Crippen molar-refractivity contribution in [3.63, 3.8) is 0 Å². The molecule has 0 bridgehead atoms. The second kappa shape index (κ2) is 6.69. The molecule has 0 amide bonds. The Morgan fingerprint density at radius 1 is 1.00 bits per heavy atom. The van der Waals surface area contributed by atoms with E-state index < -0.39 is 0 Å². The molecule has 1 unspecified atom stereocenters. The average Bonchev–Trinajstić information content (AvgIpc) is 2.71. The van der Waals surface area contributed by atoms with Gasteiger partial charge in [0.15, 0.2) is 0 Å². The molecule has 80 valence electrons. The fourth-order valence-corrected chi connectivity index (χ4v) is 1.96. The highest BCUT2D eigenvalue weighted by Gasteiger charge is 2.05. The lowest BCUT2D eigenvalue weighted by atomic mass is 10.1. The Kier molecular flexibility index (Phi) is 5.43. The standard InChI is InChI=1S/C13H23N/c1-3-5-6-7-10-13(4-2)14-11-8-9-12-14/h8-9,11-13H,3-7,10H2,1-2H3. The van der Waals surface area contributed by atoms with Gasteiger partial charge in [-0.15, -0.1) is 0 Å². The first-order valence-corrected chi connectivity index (χ1v) is 6.01. The summed E-state index contributed by atoms with van der Waals surface area (Å²) in [6.45, 7) is 4.55. The zero-order valence-corrected chi connectivity index (χ0v) is 9.58. The van der Waals surface area contributed by atoms with Crippen LogP contribution in [0.5, 0.6) is 0 Å². The third-order valence-electron chi connectivity index (χ3n) is 2.91. The van der Waals surface area contributed by atoms with Crippen LogP contribution in [-0.2, 0) is 0 Å². The normalized spacial score (nSPS) is 13.0. The van der Waals surface area contributed by atoms with E-state index in [1.54, 1.807) is 0 Å². The molecule has 0 aliphatic carbocycles. The molecule has 1 heterocycles. The summed E-state index contributed by atoms with van der Waals surface area (Å²) in [5.41, 5.74) is 0.